The van der Waals surface area contributed by atoms with E-state index >= 15 is 0 Å². The molecule has 1 aliphatic heterocycles. The number of amides is 1. The van der Waals surface area contributed by atoms with Crippen LogP contribution in [0, 0.1) is 11.3 Å². The number of anilines is 1. The van der Waals surface area contributed by atoms with Crippen LogP contribution >= 0.6 is 0 Å². The Morgan fingerprint density at radius 1 is 1.09 bits per heavy atom. The number of nitrogens with two attached hydrogens (primary N) is 1. The molecule has 0 radical (unpaired) electrons. The first kappa shape index (κ1) is 29.7. The molecule has 0 fully saturated rings. The van der Waals surface area contributed by atoms with Gasteiger partial charge in [-0.15, -0.1) is 23.4 Å². The van der Waals surface area contributed by atoms with Crippen LogP contribution in [0.5, 0.6) is 5.75 Å². The highest BCUT2D eigenvalue weighted by Crippen LogP contribution is 2.36. The van der Waals surface area contributed by atoms with Gasteiger partial charge in [-0.1, -0.05) is 6.07 Å². The normalized spacial score (nSPS) is 16.7. The van der Waals surface area contributed by atoms with Crippen LogP contribution in [0.25, 0.3) is 22.7 Å². The maximum absolute atomic E-state index is 13.4. The fourth-order valence-electron chi connectivity index (χ4n) is 4.34. The van der Waals surface area contributed by atoms with E-state index in [1.54, 1.807) is 26.0 Å². The van der Waals surface area contributed by atoms with Crippen molar-refractivity contribution in [3.05, 3.63) is 72.2 Å². The summed E-state index contributed by atoms with van der Waals surface area (Å²) in [5.41, 5.74) is 6.80. The second kappa shape index (κ2) is 10.8. The third kappa shape index (κ3) is 6.20. The molecule has 1 amide bonds. The molecule has 15 heteroatoms. The Morgan fingerprint density at radius 3 is 2.42 bits per heavy atom. The molecule has 2 aromatic carbocycles. The lowest BCUT2D eigenvalue weighted by molar-refractivity contribution is -0.274. The Bertz CT molecular complexity index is 1830. The lowest BCUT2D eigenvalue weighted by Crippen LogP contribution is -2.45. The third-order valence-electron chi connectivity index (χ3n) is 6.60. The molecule has 0 bridgehead atoms. The summed E-state index contributed by atoms with van der Waals surface area (Å²) in [6.45, 7) is 3.11. The summed E-state index contributed by atoms with van der Waals surface area (Å²) in [6, 6.07) is 13.4. The Balaban J connectivity index is 1.47. The number of pyridine rings is 1. The van der Waals surface area contributed by atoms with Crippen molar-refractivity contribution in [2.45, 2.75) is 43.1 Å². The molecule has 0 spiro atoms. The van der Waals surface area contributed by atoms with E-state index in [1.165, 1.54) is 41.4 Å². The second-order valence-electron chi connectivity index (χ2n) is 10.3. The van der Waals surface area contributed by atoms with Gasteiger partial charge in [0.25, 0.3) is 0 Å². The van der Waals surface area contributed by atoms with E-state index < -0.39 is 39.3 Å². The molecule has 0 aliphatic carbocycles. The molecule has 1 atom stereocenters. The molecule has 11 nitrogen and oxygen atoms in total. The van der Waals surface area contributed by atoms with E-state index in [4.69, 9.17) is 10.2 Å². The first-order valence-corrected chi connectivity index (χ1v) is 14.3. The molecule has 2 aromatic heterocycles. The molecule has 0 unspecified atom stereocenters. The van der Waals surface area contributed by atoms with Gasteiger partial charge < -0.3 is 19.8 Å². The van der Waals surface area contributed by atoms with E-state index in [2.05, 4.69) is 26.0 Å². The minimum atomic E-state index is -4.81. The van der Waals surface area contributed by atoms with Gasteiger partial charge in [0, 0.05) is 17.3 Å². The molecular weight excluding hydrogens is 589 g/mol. The highest BCUT2D eigenvalue weighted by molar-refractivity contribution is 7.91. The van der Waals surface area contributed by atoms with Crippen molar-refractivity contribution in [2.24, 2.45) is 5.73 Å². The van der Waals surface area contributed by atoms with E-state index in [1.807, 2.05) is 0 Å². The smallest absolute Gasteiger partial charge is 0.419 e. The largest absolute Gasteiger partial charge is 0.573 e. The van der Waals surface area contributed by atoms with Crippen molar-refractivity contribution in [3.63, 3.8) is 0 Å². The summed E-state index contributed by atoms with van der Waals surface area (Å²) in [5, 5.41) is 17.3. The lowest BCUT2D eigenvalue weighted by atomic mass is 9.96. The summed E-state index contributed by atoms with van der Waals surface area (Å²) >= 11 is 0. The maximum atomic E-state index is 13.4. The fourth-order valence-corrected chi connectivity index (χ4v) is 5.90. The standard InChI is InChI=1S/C28H23F3N6O5S/c1-27(2,15-32)26-36-35-24(41-26)18-6-10-23-22(11-18)37(25(38)20(33)14-43(23,39)40)13-16-3-9-21(34-12-16)17-4-7-19(8-5-17)42-28(29,30)31/h3-12,20H,13-14,33H2,1-2H3/t20-/m0/s1. The number of sulfone groups is 1. The van der Waals surface area contributed by atoms with E-state index in [-0.39, 0.29) is 34.7 Å². The molecular formula is C28H23F3N6O5S. The predicted molar refractivity (Wildman–Crippen MR) is 146 cm³/mol. The summed E-state index contributed by atoms with van der Waals surface area (Å²) < 4.78 is 73.2. The second-order valence-corrected chi connectivity index (χ2v) is 12.3. The number of hydrogen-bond acceptors (Lipinski definition) is 10. The third-order valence-corrected chi connectivity index (χ3v) is 8.42. The van der Waals surface area contributed by atoms with E-state index in [0.717, 1.165) is 12.1 Å². The van der Waals surface area contributed by atoms with Crippen molar-refractivity contribution < 1.29 is 35.5 Å². The summed E-state index contributed by atoms with van der Waals surface area (Å²) in [5.74, 6) is -1.52. The number of rotatable bonds is 6. The Kier molecular flexibility index (Phi) is 7.45. The number of ether oxygens (including phenoxy) is 1. The zero-order valence-electron chi connectivity index (χ0n) is 22.7. The van der Waals surface area contributed by atoms with Gasteiger partial charge in [0.05, 0.1) is 40.7 Å². The molecule has 0 saturated heterocycles. The summed E-state index contributed by atoms with van der Waals surface area (Å²) in [4.78, 5) is 18.9. The molecule has 3 heterocycles. The van der Waals surface area contributed by atoms with Crippen molar-refractivity contribution in [3.8, 4) is 34.5 Å². The quantitative estimate of drug-likeness (QED) is 0.334. The highest BCUT2D eigenvalue weighted by atomic mass is 32.2. The van der Waals surface area contributed by atoms with Crippen LogP contribution in [-0.4, -0.2) is 47.7 Å². The van der Waals surface area contributed by atoms with Crippen LogP contribution in [0.4, 0.5) is 18.9 Å². The number of carbonyl (C=O) groups excluding carboxylic acids is 1. The van der Waals surface area contributed by atoms with Crippen LogP contribution < -0.4 is 15.4 Å². The molecule has 0 saturated carbocycles. The van der Waals surface area contributed by atoms with Crippen LogP contribution in [-0.2, 0) is 26.6 Å². The summed E-state index contributed by atoms with van der Waals surface area (Å²) in [7, 11) is -3.96. The van der Waals surface area contributed by atoms with Gasteiger partial charge >= 0.3 is 6.36 Å². The monoisotopic (exact) mass is 612 g/mol. The molecule has 1 aliphatic rings. The van der Waals surface area contributed by atoms with Crippen molar-refractivity contribution in [2.75, 3.05) is 10.7 Å². The maximum Gasteiger partial charge on any atom is 0.573 e. The zero-order valence-corrected chi connectivity index (χ0v) is 23.5. The van der Waals surface area contributed by atoms with Crippen molar-refractivity contribution in [1.29, 1.82) is 5.26 Å². The Hall–Kier alpha value is -4.81. The van der Waals surface area contributed by atoms with Crippen LogP contribution in [0.2, 0.25) is 0 Å². The van der Waals surface area contributed by atoms with Gasteiger partial charge in [0.2, 0.25) is 17.7 Å². The first-order chi connectivity index (χ1) is 20.2. The molecule has 4 aromatic rings. The average Bonchev–Trinajstić information content (AvgIpc) is 3.44. The van der Waals surface area contributed by atoms with Gasteiger partial charge in [0.1, 0.15) is 11.2 Å². The average molecular weight is 613 g/mol. The van der Waals surface area contributed by atoms with Crippen LogP contribution in [0.15, 0.2) is 70.1 Å². The predicted octanol–water partition coefficient (Wildman–Crippen LogP) is 4.15. The SMILES string of the molecule is CC(C)(C#N)c1nnc(-c2ccc3c(c2)N(Cc2ccc(-c4ccc(OC(F)(F)F)cc4)nc2)C(=O)[C@@H](N)CS3(=O)=O)o1. The van der Waals surface area contributed by atoms with Crippen LogP contribution in [0.1, 0.15) is 25.3 Å². The Labute approximate surface area is 243 Å². The van der Waals surface area contributed by atoms with E-state index in [9.17, 15) is 31.6 Å². The number of carbonyl (C=O) groups is 1. The minimum Gasteiger partial charge on any atom is -0.419 e. The minimum absolute atomic E-state index is 0.0251. The van der Waals surface area contributed by atoms with Crippen molar-refractivity contribution >= 4 is 21.4 Å². The number of nitriles is 1. The number of benzene rings is 2. The van der Waals surface area contributed by atoms with Crippen molar-refractivity contribution in [1.82, 2.24) is 15.2 Å². The number of halogens is 3. The first-order valence-electron chi connectivity index (χ1n) is 12.7. The lowest BCUT2D eigenvalue weighted by Gasteiger charge is -2.24. The number of hydrogen-bond donors (Lipinski definition) is 1. The molecule has 222 valence electrons. The molecule has 43 heavy (non-hydrogen) atoms. The number of aromatic nitrogens is 3. The van der Waals surface area contributed by atoms with Crippen LogP contribution in [0.3, 0.4) is 0 Å². The van der Waals surface area contributed by atoms with Gasteiger partial charge in [0.15, 0.2) is 9.84 Å². The molecule has 2 N–H and O–H groups in total. The number of nitrogens with zero attached hydrogens (tertiary/aromatic N) is 5. The van der Waals surface area contributed by atoms with Gasteiger partial charge in [-0.2, -0.15) is 5.26 Å². The molecule has 5 rings (SSSR count). The van der Waals surface area contributed by atoms with Gasteiger partial charge in [-0.3, -0.25) is 9.78 Å². The van der Waals surface area contributed by atoms with E-state index in [0.29, 0.717) is 22.4 Å². The van der Waals surface area contributed by atoms with Gasteiger partial charge in [-0.05, 0) is 67.9 Å². The zero-order chi connectivity index (χ0) is 31.2. The van der Waals surface area contributed by atoms with Gasteiger partial charge in [-0.25, -0.2) is 8.42 Å². The number of fused-ring (bicyclic) bond motifs is 1. The summed E-state index contributed by atoms with van der Waals surface area (Å²) in [6.07, 6.45) is -3.35. The number of alkyl halides is 3. The Morgan fingerprint density at radius 2 is 1.79 bits per heavy atom. The highest BCUT2D eigenvalue weighted by Gasteiger charge is 2.37. The topological polar surface area (TPSA) is 165 Å². The fraction of sp³-hybridized carbons (Fsp3) is 0.250.